The summed E-state index contributed by atoms with van der Waals surface area (Å²) in [6.45, 7) is 0. The van der Waals surface area contributed by atoms with Crippen LogP contribution >= 0.6 is 0 Å². The molecule has 0 saturated heterocycles. The predicted octanol–water partition coefficient (Wildman–Crippen LogP) is 4.96. The number of aromatic nitrogens is 1. The number of rotatable bonds is 3. The Morgan fingerprint density at radius 1 is 0.960 bits per heavy atom. The molecule has 0 radical (unpaired) electrons. The summed E-state index contributed by atoms with van der Waals surface area (Å²) in [7, 11) is 0. The van der Waals surface area contributed by atoms with E-state index in [1.54, 1.807) is 0 Å². The largest absolute Gasteiger partial charge is 0.293 e. The van der Waals surface area contributed by atoms with Crippen LogP contribution in [0.2, 0.25) is 0 Å². The summed E-state index contributed by atoms with van der Waals surface area (Å²) in [6.07, 6.45) is 15.6. The predicted molar refractivity (Wildman–Crippen MR) is 99.2 cm³/mol. The van der Waals surface area contributed by atoms with Crippen molar-refractivity contribution < 1.29 is 4.79 Å². The Hall–Kier alpha value is -1.38. The number of carbonyl (C=O) groups is 1. The van der Waals surface area contributed by atoms with E-state index in [1.165, 1.54) is 38.5 Å². The van der Waals surface area contributed by atoms with Crippen molar-refractivity contribution in [3.05, 3.63) is 24.4 Å². The van der Waals surface area contributed by atoms with Gasteiger partial charge in [-0.25, -0.2) is 4.98 Å². The SMILES string of the molecule is O=C(N(c1ccccn1)C1CCCCC1)C12CC3CC(CC(C3)C1)C2. The van der Waals surface area contributed by atoms with Gasteiger partial charge in [-0.2, -0.15) is 0 Å². The summed E-state index contributed by atoms with van der Waals surface area (Å²) < 4.78 is 0. The monoisotopic (exact) mass is 338 g/mol. The highest BCUT2D eigenvalue weighted by Gasteiger charge is 2.56. The van der Waals surface area contributed by atoms with Gasteiger partial charge >= 0.3 is 0 Å². The molecule has 1 heterocycles. The standard InChI is InChI=1S/C22H30N2O/c25-21(22-13-16-10-17(14-22)12-18(11-16)15-22)24(19-6-2-1-3-7-19)20-8-4-5-9-23-20/h4-5,8-9,16-19H,1-3,6-7,10-15H2. The van der Waals surface area contributed by atoms with Gasteiger partial charge < -0.3 is 0 Å². The van der Waals surface area contributed by atoms with Crippen LogP contribution in [0.15, 0.2) is 24.4 Å². The van der Waals surface area contributed by atoms with E-state index in [4.69, 9.17) is 0 Å². The minimum Gasteiger partial charge on any atom is -0.293 e. The maximum atomic E-state index is 14.0. The average Bonchev–Trinajstić information content (AvgIpc) is 2.63. The molecule has 134 valence electrons. The van der Waals surface area contributed by atoms with Gasteiger partial charge in [0.1, 0.15) is 5.82 Å². The van der Waals surface area contributed by atoms with Crippen molar-refractivity contribution in [3.63, 3.8) is 0 Å². The van der Waals surface area contributed by atoms with Gasteiger partial charge in [0, 0.05) is 12.2 Å². The molecule has 5 saturated carbocycles. The number of carbonyl (C=O) groups excluding carboxylic acids is 1. The van der Waals surface area contributed by atoms with Crippen LogP contribution in [-0.2, 0) is 4.79 Å². The maximum Gasteiger partial charge on any atom is 0.234 e. The molecule has 25 heavy (non-hydrogen) atoms. The third-order valence-corrected chi connectivity index (χ3v) is 7.55. The van der Waals surface area contributed by atoms with Gasteiger partial charge in [0.2, 0.25) is 5.91 Å². The first-order valence-electron chi connectivity index (χ1n) is 10.5. The van der Waals surface area contributed by atoms with Crippen LogP contribution in [0, 0.1) is 23.2 Å². The Kier molecular flexibility index (Phi) is 3.87. The number of pyridine rings is 1. The van der Waals surface area contributed by atoms with Crippen LogP contribution in [0.4, 0.5) is 5.82 Å². The Bertz CT molecular complexity index is 599. The van der Waals surface area contributed by atoms with Crippen molar-refractivity contribution in [2.45, 2.75) is 76.7 Å². The number of nitrogens with zero attached hydrogens (tertiary/aromatic N) is 2. The van der Waals surface area contributed by atoms with Crippen molar-refractivity contribution in [2.75, 3.05) is 4.90 Å². The third kappa shape index (κ3) is 2.71. The van der Waals surface area contributed by atoms with Gasteiger partial charge in [0.15, 0.2) is 0 Å². The molecule has 0 atom stereocenters. The lowest BCUT2D eigenvalue weighted by Crippen LogP contribution is -2.57. The smallest absolute Gasteiger partial charge is 0.234 e. The van der Waals surface area contributed by atoms with Crippen LogP contribution < -0.4 is 4.90 Å². The third-order valence-electron chi connectivity index (χ3n) is 7.55. The zero-order valence-electron chi connectivity index (χ0n) is 15.2. The number of hydrogen-bond donors (Lipinski definition) is 0. The van der Waals surface area contributed by atoms with Crippen molar-refractivity contribution in [2.24, 2.45) is 23.2 Å². The van der Waals surface area contributed by atoms with Crippen LogP contribution in [-0.4, -0.2) is 16.9 Å². The summed E-state index contributed by atoms with van der Waals surface area (Å²) in [5.74, 6) is 3.76. The first-order chi connectivity index (χ1) is 12.2. The van der Waals surface area contributed by atoms with E-state index in [-0.39, 0.29) is 5.41 Å². The highest BCUT2D eigenvalue weighted by atomic mass is 16.2. The molecule has 0 aliphatic heterocycles. The Balaban J connectivity index is 1.49. The fourth-order valence-electron chi connectivity index (χ4n) is 6.92. The first kappa shape index (κ1) is 15.8. The molecule has 0 spiro atoms. The summed E-state index contributed by atoms with van der Waals surface area (Å²) in [6, 6.07) is 6.40. The van der Waals surface area contributed by atoms with E-state index >= 15 is 0 Å². The number of amides is 1. The molecule has 5 aliphatic rings. The number of hydrogen-bond acceptors (Lipinski definition) is 2. The fourth-order valence-corrected chi connectivity index (χ4v) is 6.92. The molecule has 4 bridgehead atoms. The first-order valence-corrected chi connectivity index (χ1v) is 10.5. The van der Waals surface area contributed by atoms with Gasteiger partial charge in [-0.1, -0.05) is 25.3 Å². The molecule has 0 N–H and O–H groups in total. The Morgan fingerprint density at radius 3 is 2.16 bits per heavy atom. The van der Waals surface area contributed by atoms with Gasteiger partial charge in [-0.15, -0.1) is 0 Å². The van der Waals surface area contributed by atoms with E-state index in [1.807, 2.05) is 24.4 Å². The molecule has 3 nitrogen and oxygen atoms in total. The summed E-state index contributed by atoms with van der Waals surface area (Å²) >= 11 is 0. The van der Waals surface area contributed by atoms with E-state index in [0.29, 0.717) is 11.9 Å². The molecule has 1 aromatic rings. The highest BCUT2D eigenvalue weighted by Crippen LogP contribution is 2.60. The maximum absolute atomic E-state index is 14.0. The second-order valence-corrected chi connectivity index (χ2v) is 9.35. The average molecular weight is 338 g/mol. The zero-order chi connectivity index (χ0) is 16.9. The van der Waals surface area contributed by atoms with E-state index in [2.05, 4.69) is 9.88 Å². The van der Waals surface area contributed by atoms with Gasteiger partial charge in [-0.3, -0.25) is 9.69 Å². The minimum atomic E-state index is -0.0658. The van der Waals surface area contributed by atoms with Crippen LogP contribution in [0.1, 0.15) is 70.6 Å². The molecule has 6 rings (SSSR count). The molecule has 5 fully saturated rings. The highest BCUT2D eigenvalue weighted by molar-refractivity contribution is 5.97. The fraction of sp³-hybridized carbons (Fsp3) is 0.727. The van der Waals surface area contributed by atoms with Crippen molar-refractivity contribution >= 4 is 11.7 Å². The van der Waals surface area contributed by atoms with Crippen molar-refractivity contribution in [3.8, 4) is 0 Å². The molecule has 5 aliphatic carbocycles. The van der Waals surface area contributed by atoms with E-state index in [9.17, 15) is 4.79 Å². The normalized spacial score (nSPS) is 37.2. The number of anilines is 1. The molecular formula is C22H30N2O. The van der Waals surface area contributed by atoms with E-state index in [0.717, 1.165) is 55.7 Å². The second-order valence-electron chi connectivity index (χ2n) is 9.35. The lowest BCUT2D eigenvalue weighted by molar-refractivity contribution is -0.144. The van der Waals surface area contributed by atoms with Crippen molar-refractivity contribution in [1.82, 2.24) is 4.98 Å². The summed E-state index contributed by atoms with van der Waals surface area (Å²) in [4.78, 5) is 20.7. The van der Waals surface area contributed by atoms with Gasteiger partial charge in [0.25, 0.3) is 0 Å². The van der Waals surface area contributed by atoms with Crippen LogP contribution in [0.5, 0.6) is 0 Å². The quantitative estimate of drug-likeness (QED) is 0.780. The summed E-state index contributed by atoms with van der Waals surface area (Å²) in [5, 5.41) is 0. The molecule has 1 amide bonds. The molecule has 0 aromatic carbocycles. The summed E-state index contributed by atoms with van der Waals surface area (Å²) in [5.41, 5.74) is -0.0658. The Morgan fingerprint density at radius 2 is 1.60 bits per heavy atom. The topological polar surface area (TPSA) is 33.2 Å². The zero-order valence-corrected chi connectivity index (χ0v) is 15.2. The molecular weight excluding hydrogens is 308 g/mol. The Labute approximate surface area is 151 Å². The molecule has 1 aromatic heterocycles. The van der Waals surface area contributed by atoms with Crippen molar-refractivity contribution in [1.29, 1.82) is 0 Å². The van der Waals surface area contributed by atoms with Crippen LogP contribution in [0.25, 0.3) is 0 Å². The lowest BCUT2D eigenvalue weighted by Gasteiger charge is -2.57. The molecule has 0 unspecified atom stereocenters. The molecule has 3 heteroatoms. The minimum absolute atomic E-state index is 0.0658. The second kappa shape index (κ2) is 6.10. The van der Waals surface area contributed by atoms with E-state index < -0.39 is 0 Å². The van der Waals surface area contributed by atoms with Crippen LogP contribution in [0.3, 0.4) is 0 Å². The van der Waals surface area contributed by atoms with Gasteiger partial charge in [-0.05, 0) is 81.3 Å². The lowest BCUT2D eigenvalue weighted by atomic mass is 9.49. The van der Waals surface area contributed by atoms with Gasteiger partial charge in [0.05, 0.1) is 5.41 Å².